The average Bonchev–Trinajstić information content (AvgIpc) is 2.69. The number of esters is 1. The summed E-state index contributed by atoms with van der Waals surface area (Å²) < 4.78 is 6.02. The lowest BCUT2D eigenvalue weighted by Crippen LogP contribution is -2.17. The summed E-state index contributed by atoms with van der Waals surface area (Å²) in [6, 6.07) is 20.3. The van der Waals surface area contributed by atoms with E-state index in [1.165, 1.54) is 6.21 Å². The van der Waals surface area contributed by atoms with Gasteiger partial charge >= 0.3 is 5.97 Å². The Kier molecular flexibility index (Phi) is 6.57. The van der Waals surface area contributed by atoms with Gasteiger partial charge in [-0.1, -0.05) is 29.8 Å². The zero-order chi connectivity index (χ0) is 19.9. The molecule has 140 valence electrons. The first-order chi connectivity index (χ1) is 13.5. The molecule has 0 radical (unpaired) electrons. The lowest BCUT2D eigenvalue weighted by molar-refractivity contribution is 0.0733. The second kappa shape index (κ2) is 9.30. The molecule has 0 aliphatic heterocycles. The van der Waals surface area contributed by atoms with E-state index in [2.05, 4.69) is 26.5 Å². The predicted octanol–water partition coefficient (Wildman–Crippen LogP) is 5.09. The van der Waals surface area contributed by atoms with Crippen molar-refractivity contribution < 1.29 is 14.3 Å². The minimum Gasteiger partial charge on any atom is -0.423 e. The molecule has 0 saturated carbocycles. The molecule has 0 atom stereocenters. The Hall–Kier alpha value is -2.96. The van der Waals surface area contributed by atoms with Gasteiger partial charge in [0.2, 0.25) is 0 Å². The molecular formula is C21H14BrClN2O3. The quantitative estimate of drug-likeness (QED) is 0.251. The van der Waals surface area contributed by atoms with Crippen LogP contribution in [-0.4, -0.2) is 18.1 Å². The van der Waals surface area contributed by atoms with Crippen molar-refractivity contribution in [2.24, 2.45) is 5.10 Å². The van der Waals surface area contributed by atoms with Crippen LogP contribution in [0.5, 0.6) is 5.75 Å². The fraction of sp³-hybridized carbons (Fsp3) is 0. The van der Waals surface area contributed by atoms with Crippen molar-refractivity contribution in [2.45, 2.75) is 0 Å². The Morgan fingerprint density at radius 2 is 1.75 bits per heavy atom. The van der Waals surface area contributed by atoms with Crippen LogP contribution >= 0.6 is 27.5 Å². The van der Waals surface area contributed by atoms with Crippen LogP contribution in [-0.2, 0) is 0 Å². The van der Waals surface area contributed by atoms with Gasteiger partial charge in [-0.25, -0.2) is 10.2 Å². The number of halogens is 2. The van der Waals surface area contributed by atoms with Gasteiger partial charge in [0, 0.05) is 15.1 Å². The van der Waals surface area contributed by atoms with Gasteiger partial charge in [-0.05, 0) is 76.1 Å². The van der Waals surface area contributed by atoms with Crippen molar-refractivity contribution in [3.63, 3.8) is 0 Å². The molecule has 1 amide bonds. The molecule has 3 rings (SSSR count). The predicted molar refractivity (Wildman–Crippen MR) is 112 cm³/mol. The van der Waals surface area contributed by atoms with Crippen molar-refractivity contribution in [1.29, 1.82) is 0 Å². The normalized spacial score (nSPS) is 10.6. The fourth-order valence-corrected chi connectivity index (χ4v) is 2.91. The molecule has 3 aromatic carbocycles. The van der Waals surface area contributed by atoms with Gasteiger partial charge in [0.1, 0.15) is 5.75 Å². The maximum atomic E-state index is 12.2. The van der Waals surface area contributed by atoms with Crippen LogP contribution in [0, 0.1) is 0 Å². The number of nitrogens with zero attached hydrogens (tertiary/aromatic N) is 1. The summed E-state index contributed by atoms with van der Waals surface area (Å²) in [6.07, 6.45) is 1.49. The maximum absolute atomic E-state index is 12.2. The molecule has 0 unspecified atom stereocenters. The van der Waals surface area contributed by atoms with E-state index in [0.717, 1.165) is 5.56 Å². The van der Waals surface area contributed by atoms with Crippen LogP contribution in [0.1, 0.15) is 26.3 Å². The minimum absolute atomic E-state index is 0.363. The van der Waals surface area contributed by atoms with Crippen LogP contribution in [0.4, 0.5) is 0 Å². The molecule has 28 heavy (non-hydrogen) atoms. The Labute approximate surface area is 175 Å². The number of carbonyl (C=O) groups is 2. The van der Waals surface area contributed by atoms with E-state index in [4.69, 9.17) is 16.3 Å². The highest BCUT2D eigenvalue weighted by atomic mass is 79.9. The van der Waals surface area contributed by atoms with Crippen LogP contribution in [0.2, 0.25) is 5.02 Å². The highest BCUT2D eigenvalue weighted by Gasteiger charge is 2.11. The van der Waals surface area contributed by atoms with Crippen molar-refractivity contribution in [3.8, 4) is 5.75 Å². The summed E-state index contributed by atoms with van der Waals surface area (Å²) in [6.45, 7) is 0. The molecule has 0 heterocycles. The molecule has 0 fully saturated rings. The van der Waals surface area contributed by atoms with E-state index < -0.39 is 5.97 Å². The molecule has 7 heteroatoms. The number of hydrogen-bond donors (Lipinski definition) is 1. The SMILES string of the molecule is O=C(NN=Cc1ccc(OC(=O)c2ccccc2Br)cc1)c1cccc(Cl)c1. The van der Waals surface area contributed by atoms with Crippen molar-refractivity contribution in [3.05, 3.63) is 99.0 Å². The van der Waals surface area contributed by atoms with E-state index >= 15 is 0 Å². The van der Waals surface area contributed by atoms with Gasteiger partial charge in [0.05, 0.1) is 11.8 Å². The molecule has 3 aromatic rings. The smallest absolute Gasteiger partial charge is 0.344 e. The van der Waals surface area contributed by atoms with E-state index in [-0.39, 0.29) is 5.91 Å². The standard InChI is InChI=1S/C21H14BrClN2O3/c22-19-7-2-1-6-18(19)21(27)28-17-10-8-14(9-11-17)13-24-25-20(26)15-4-3-5-16(23)12-15/h1-13H,(H,25,26). The lowest BCUT2D eigenvalue weighted by atomic mass is 10.2. The van der Waals surface area contributed by atoms with Gasteiger partial charge < -0.3 is 4.74 Å². The number of benzene rings is 3. The second-order valence-corrected chi connectivity index (χ2v) is 6.94. The first-order valence-corrected chi connectivity index (χ1v) is 9.36. The summed E-state index contributed by atoms with van der Waals surface area (Å²) in [7, 11) is 0. The van der Waals surface area contributed by atoms with Gasteiger partial charge in [0.25, 0.3) is 5.91 Å². The number of hydrazone groups is 1. The topological polar surface area (TPSA) is 67.8 Å². The Balaban J connectivity index is 1.58. The first kappa shape index (κ1) is 19.8. The summed E-state index contributed by atoms with van der Waals surface area (Å²) in [5.41, 5.74) is 4.02. The summed E-state index contributed by atoms with van der Waals surface area (Å²) in [5.74, 6) is -0.415. The van der Waals surface area contributed by atoms with Crippen LogP contribution in [0.25, 0.3) is 0 Å². The maximum Gasteiger partial charge on any atom is 0.344 e. The lowest BCUT2D eigenvalue weighted by Gasteiger charge is -2.06. The molecule has 0 aliphatic carbocycles. The molecule has 0 bridgehead atoms. The third-order valence-corrected chi connectivity index (χ3v) is 4.58. The molecule has 5 nitrogen and oxygen atoms in total. The number of hydrogen-bond acceptors (Lipinski definition) is 4. The highest BCUT2D eigenvalue weighted by molar-refractivity contribution is 9.10. The molecular weight excluding hydrogens is 444 g/mol. The zero-order valence-electron chi connectivity index (χ0n) is 14.4. The first-order valence-electron chi connectivity index (χ1n) is 8.19. The van der Waals surface area contributed by atoms with Crippen LogP contribution in [0.15, 0.2) is 82.4 Å². The van der Waals surface area contributed by atoms with Gasteiger partial charge in [-0.15, -0.1) is 0 Å². The van der Waals surface area contributed by atoms with Crippen molar-refractivity contribution in [2.75, 3.05) is 0 Å². The Morgan fingerprint density at radius 3 is 2.46 bits per heavy atom. The average molecular weight is 458 g/mol. The molecule has 0 spiro atoms. The summed E-state index contributed by atoms with van der Waals surface area (Å²) in [5, 5.41) is 4.39. The largest absolute Gasteiger partial charge is 0.423 e. The zero-order valence-corrected chi connectivity index (χ0v) is 16.8. The van der Waals surface area contributed by atoms with E-state index in [1.54, 1.807) is 66.7 Å². The molecule has 0 aromatic heterocycles. The third-order valence-electron chi connectivity index (χ3n) is 3.65. The van der Waals surface area contributed by atoms with Gasteiger partial charge in [-0.3, -0.25) is 4.79 Å². The van der Waals surface area contributed by atoms with Crippen molar-refractivity contribution in [1.82, 2.24) is 5.43 Å². The number of carbonyl (C=O) groups excluding carboxylic acids is 2. The Morgan fingerprint density at radius 1 is 1.00 bits per heavy atom. The third kappa shape index (κ3) is 5.28. The monoisotopic (exact) mass is 456 g/mol. The van der Waals surface area contributed by atoms with E-state index in [9.17, 15) is 9.59 Å². The van der Waals surface area contributed by atoms with Crippen molar-refractivity contribution >= 4 is 45.6 Å². The number of ether oxygens (including phenoxy) is 1. The van der Waals surface area contributed by atoms with E-state index in [1.807, 2.05) is 6.07 Å². The Bertz CT molecular complexity index is 1040. The van der Waals surface area contributed by atoms with Gasteiger partial charge in [0.15, 0.2) is 0 Å². The van der Waals surface area contributed by atoms with Gasteiger partial charge in [-0.2, -0.15) is 5.10 Å². The van der Waals surface area contributed by atoms with Crippen LogP contribution in [0.3, 0.4) is 0 Å². The second-order valence-electron chi connectivity index (χ2n) is 5.65. The summed E-state index contributed by atoms with van der Waals surface area (Å²) in [4.78, 5) is 24.2. The van der Waals surface area contributed by atoms with Crippen LogP contribution < -0.4 is 10.2 Å². The molecule has 0 saturated heterocycles. The number of rotatable bonds is 5. The summed E-state index contributed by atoms with van der Waals surface area (Å²) >= 11 is 9.18. The van der Waals surface area contributed by atoms with E-state index in [0.29, 0.717) is 26.4 Å². The number of amides is 1. The molecule has 1 N–H and O–H groups in total. The fourth-order valence-electron chi connectivity index (χ4n) is 2.27. The minimum atomic E-state index is -0.456. The number of nitrogens with one attached hydrogen (secondary N) is 1. The molecule has 0 aliphatic rings. The highest BCUT2D eigenvalue weighted by Crippen LogP contribution is 2.19.